The van der Waals surface area contributed by atoms with Crippen LogP contribution in [0.25, 0.3) is 21.9 Å². The fraction of sp³-hybridized carbons (Fsp3) is 0. The smallest absolute Gasteiger partial charge is 0.115 e. The Morgan fingerprint density at radius 3 is 2.06 bits per heavy atom. The molecular weight excluding hydrogens is 288 g/mol. The molecule has 0 heterocycles. The Hall–Kier alpha value is -1.80. The van der Waals surface area contributed by atoms with E-state index in [0.29, 0.717) is 5.75 Å². The minimum absolute atomic E-state index is 0.295. The maximum atomic E-state index is 9.30. The number of hydrogen-bond acceptors (Lipinski definition) is 1. The van der Waals surface area contributed by atoms with Gasteiger partial charge in [-0.25, -0.2) is 0 Å². The van der Waals surface area contributed by atoms with Crippen LogP contribution < -0.4 is 0 Å². The van der Waals surface area contributed by atoms with Crippen LogP contribution in [0, 0.1) is 0 Å². The van der Waals surface area contributed by atoms with E-state index >= 15 is 0 Å². The van der Waals surface area contributed by atoms with Crippen molar-refractivity contribution in [1.82, 2.24) is 0 Å². The highest BCUT2D eigenvalue weighted by Gasteiger charge is 2.00. The lowest BCUT2D eigenvalue weighted by Crippen LogP contribution is -1.79. The van der Waals surface area contributed by atoms with Crippen molar-refractivity contribution in [3.8, 4) is 16.9 Å². The van der Waals surface area contributed by atoms with Gasteiger partial charge in [-0.05, 0) is 52.2 Å². The van der Waals surface area contributed by atoms with Crippen LogP contribution in [0.3, 0.4) is 0 Å². The number of rotatable bonds is 1. The number of phenolic OH excluding ortho intramolecular Hbond substituents is 1. The maximum Gasteiger partial charge on any atom is 0.115 e. The Kier molecular flexibility index (Phi) is 2.80. The molecule has 0 saturated heterocycles. The molecule has 0 aromatic heterocycles. The summed E-state index contributed by atoms with van der Waals surface area (Å²) in [6.45, 7) is 0. The van der Waals surface area contributed by atoms with Crippen LogP contribution in [0.4, 0.5) is 0 Å². The molecule has 0 unspecified atom stereocenters. The molecule has 18 heavy (non-hydrogen) atoms. The zero-order chi connectivity index (χ0) is 12.5. The van der Waals surface area contributed by atoms with E-state index in [9.17, 15) is 5.11 Å². The SMILES string of the molecule is Oc1ccc(-c2ccc3cc(Br)ccc3c2)cc1. The van der Waals surface area contributed by atoms with Crippen molar-refractivity contribution in [3.05, 3.63) is 65.1 Å². The third-order valence-electron chi connectivity index (χ3n) is 3.00. The molecule has 0 atom stereocenters. The fourth-order valence-corrected chi connectivity index (χ4v) is 2.43. The zero-order valence-electron chi connectivity index (χ0n) is 9.60. The van der Waals surface area contributed by atoms with Crippen LogP contribution in [0.1, 0.15) is 0 Å². The molecule has 3 aromatic rings. The van der Waals surface area contributed by atoms with E-state index in [4.69, 9.17) is 0 Å². The molecular formula is C16H11BrO. The van der Waals surface area contributed by atoms with Crippen LogP contribution in [-0.2, 0) is 0 Å². The Labute approximate surface area is 114 Å². The molecule has 2 heteroatoms. The molecule has 0 radical (unpaired) electrons. The molecule has 3 aromatic carbocycles. The average Bonchev–Trinajstić information content (AvgIpc) is 2.39. The van der Waals surface area contributed by atoms with E-state index in [2.05, 4.69) is 46.3 Å². The van der Waals surface area contributed by atoms with Crippen molar-refractivity contribution < 1.29 is 5.11 Å². The molecule has 1 nitrogen and oxygen atoms in total. The van der Waals surface area contributed by atoms with Gasteiger partial charge in [0.1, 0.15) is 5.75 Å². The van der Waals surface area contributed by atoms with Crippen molar-refractivity contribution in [1.29, 1.82) is 0 Å². The van der Waals surface area contributed by atoms with Gasteiger partial charge in [0, 0.05) is 4.47 Å². The summed E-state index contributed by atoms with van der Waals surface area (Å²) in [6.07, 6.45) is 0. The van der Waals surface area contributed by atoms with Crippen molar-refractivity contribution in [2.75, 3.05) is 0 Å². The summed E-state index contributed by atoms with van der Waals surface area (Å²) in [4.78, 5) is 0. The Morgan fingerprint density at radius 1 is 0.667 bits per heavy atom. The maximum absolute atomic E-state index is 9.30. The highest BCUT2D eigenvalue weighted by atomic mass is 79.9. The van der Waals surface area contributed by atoms with E-state index in [-0.39, 0.29) is 0 Å². The lowest BCUT2D eigenvalue weighted by molar-refractivity contribution is 0.475. The molecule has 1 N–H and O–H groups in total. The molecule has 88 valence electrons. The second-order valence-electron chi connectivity index (χ2n) is 4.25. The number of aromatic hydroxyl groups is 1. The van der Waals surface area contributed by atoms with Gasteiger partial charge in [0.05, 0.1) is 0 Å². The lowest BCUT2D eigenvalue weighted by atomic mass is 10.0. The summed E-state index contributed by atoms with van der Waals surface area (Å²) in [6, 6.07) is 19.9. The monoisotopic (exact) mass is 298 g/mol. The minimum Gasteiger partial charge on any atom is -0.508 e. The molecule has 0 amide bonds. The first-order valence-corrected chi connectivity index (χ1v) is 6.50. The molecule has 0 bridgehead atoms. The third kappa shape index (κ3) is 2.12. The summed E-state index contributed by atoms with van der Waals surface area (Å²) in [5.74, 6) is 0.295. The largest absolute Gasteiger partial charge is 0.508 e. The zero-order valence-corrected chi connectivity index (χ0v) is 11.2. The minimum atomic E-state index is 0.295. The highest BCUT2D eigenvalue weighted by Crippen LogP contribution is 2.27. The van der Waals surface area contributed by atoms with E-state index in [0.717, 1.165) is 15.6 Å². The van der Waals surface area contributed by atoms with Gasteiger partial charge < -0.3 is 5.11 Å². The number of halogens is 1. The fourth-order valence-electron chi connectivity index (χ4n) is 2.05. The van der Waals surface area contributed by atoms with E-state index in [1.807, 2.05) is 18.2 Å². The summed E-state index contributed by atoms with van der Waals surface area (Å²) in [5.41, 5.74) is 2.27. The number of phenols is 1. The topological polar surface area (TPSA) is 20.2 Å². The molecule has 0 saturated carbocycles. The third-order valence-corrected chi connectivity index (χ3v) is 3.50. The van der Waals surface area contributed by atoms with E-state index in [1.165, 1.54) is 10.8 Å². The van der Waals surface area contributed by atoms with Crippen molar-refractivity contribution in [3.63, 3.8) is 0 Å². The predicted molar refractivity (Wildman–Crippen MR) is 78.7 cm³/mol. The van der Waals surface area contributed by atoms with Crippen molar-refractivity contribution in [2.24, 2.45) is 0 Å². The van der Waals surface area contributed by atoms with Gasteiger partial charge in [0.15, 0.2) is 0 Å². The van der Waals surface area contributed by atoms with Gasteiger partial charge in [0.25, 0.3) is 0 Å². The first-order valence-electron chi connectivity index (χ1n) is 5.71. The van der Waals surface area contributed by atoms with Crippen molar-refractivity contribution in [2.45, 2.75) is 0 Å². The second kappa shape index (κ2) is 4.46. The molecule has 3 rings (SSSR count). The summed E-state index contributed by atoms with van der Waals surface area (Å²) in [7, 11) is 0. The quantitative estimate of drug-likeness (QED) is 0.672. The molecule has 0 fully saturated rings. The summed E-state index contributed by atoms with van der Waals surface area (Å²) >= 11 is 3.48. The Morgan fingerprint density at radius 2 is 1.28 bits per heavy atom. The van der Waals surface area contributed by atoms with Gasteiger partial charge in [0.2, 0.25) is 0 Å². The number of hydrogen-bond donors (Lipinski definition) is 1. The Balaban J connectivity index is 2.13. The highest BCUT2D eigenvalue weighted by molar-refractivity contribution is 9.10. The van der Waals surface area contributed by atoms with Crippen LogP contribution in [0.5, 0.6) is 5.75 Å². The summed E-state index contributed by atoms with van der Waals surface area (Å²) < 4.78 is 1.09. The standard InChI is InChI=1S/C16H11BrO/c17-15-6-3-13-9-12(1-2-14(13)10-15)11-4-7-16(18)8-5-11/h1-10,18H. The number of fused-ring (bicyclic) bond motifs is 1. The first-order chi connectivity index (χ1) is 8.72. The van der Waals surface area contributed by atoms with Gasteiger partial charge in [-0.1, -0.05) is 46.3 Å². The van der Waals surface area contributed by atoms with Crippen LogP contribution in [0.2, 0.25) is 0 Å². The van der Waals surface area contributed by atoms with Gasteiger partial charge >= 0.3 is 0 Å². The summed E-state index contributed by atoms with van der Waals surface area (Å²) in [5, 5.41) is 11.7. The lowest BCUT2D eigenvalue weighted by Gasteiger charge is -2.05. The van der Waals surface area contributed by atoms with Gasteiger partial charge in [-0.3, -0.25) is 0 Å². The van der Waals surface area contributed by atoms with Gasteiger partial charge in [-0.2, -0.15) is 0 Å². The van der Waals surface area contributed by atoms with Crippen LogP contribution >= 0.6 is 15.9 Å². The number of benzene rings is 3. The first kappa shape index (κ1) is 11.3. The molecule has 0 aliphatic rings. The molecule has 0 aliphatic carbocycles. The Bertz CT molecular complexity index is 702. The van der Waals surface area contributed by atoms with Crippen LogP contribution in [0.15, 0.2) is 65.1 Å². The van der Waals surface area contributed by atoms with Gasteiger partial charge in [-0.15, -0.1) is 0 Å². The second-order valence-corrected chi connectivity index (χ2v) is 5.17. The normalized spacial score (nSPS) is 10.7. The molecule has 0 spiro atoms. The predicted octanol–water partition coefficient (Wildman–Crippen LogP) is 4.97. The average molecular weight is 299 g/mol. The van der Waals surface area contributed by atoms with E-state index in [1.54, 1.807) is 12.1 Å². The van der Waals surface area contributed by atoms with Crippen LogP contribution in [-0.4, -0.2) is 5.11 Å². The molecule has 0 aliphatic heterocycles. The van der Waals surface area contributed by atoms with E-state index < -0.39 is 0 Å². The van der Waals surface area contributed by atoms with Crippen molar-refractivity contribution >= 4 is 26.7 Å².